The van der Waals surface area contributed by atoms with Gasteiger partial charge in [0, 0.05) is 38.6 Å². The van der Waals surface area contributed by atoms with Crippen molar-refractivity contribution in [1.29, 1.82) is 0 Å². The highest BCUT2D eigenvalue weighted by atomic mass is 15.0. The summed E-state index contributed by atoms with van der Waals surface area (Å²) in [6.45, 7) is 4.67. The van der Waals surface area contributed by atoms with Gasteiger partial charge in [-0.15, -0.1) is 0 Å². The number of nitrogens with zero attached hydrogens (tertiary/aromatic N) is 3. The third-order valence-corrected chi connectivity index (χ3v) is 14.0. The monoisotopic (exact) mass is 841 g/mol. The normalized spacial score (nSPS) is 12.8. The molecule has 12 aromatic rings. The Bertz CT molecular complexity index is 3900. The van der Waals surface area contributed by atoms with E-state index in [0.717, 1.165) is 55.9 Å². The molecule has 2 heterocycles. The Hall–Kier alpha value is -8.40. The zero-order valence-electron chi connectivity index (χ0n) is 36.7. The van der Waals surface area contributed by atoms with Crippen molar-refractivity contribution in [1.82, 2.24) is 14.5 Å². The number of fused-ring (bicyclic) bond motifs is 9. The Morgan fingerprint density at radius 2 is 0.970 bits per heavy atom. The van der Waals surface area contributed by atoms with Gasteiger partial charge in [-0.05, 0) is 109 Å². The minimum Gasteiger partial charge on any atom is -0.309 e. The van der Waals surface area contributed by atoms with Crippen molar-refractivity contribution in [2.45, 2.75) is 19.3 Å². The molecule has 0 N–H and O–H groups in total. The van der Waals surface area contributed by atoms with Crippen LogP contribution in [0.1, 0.15) is 25.0 Å². The van der Waals surface area contributed by atoms with E-state index in [1.165, 1.54) is 65.7 Å². The average molecular weight is 842 g/mol. The molecular weight excluding hydrogens is 799 g/mol. The van der Waals surface area contributed by atoms with Gasteiger partial charge in [-0.3, -0.25) is 0 Å². The number of hydrogen-bond acceptors (Lipinski definition) is 2. The van der Waals surface area contributed by atoms with Crippen LogP contribution in [0.15, 0.2) is 224 Å². The minimum atomic E-state index is -0.144. The van der Waals surface area contributed by atoms with Crippen LogP contribution >= 0.6 is 0 Å². The topological polar surface area (TPSA) is 30.7 Å². The Labute approximate surface area is 384 Å². The van der Waals surface area contributed by atoms with Crippen LogP contribution in [0.2, 0.25) is 0 Å². The molecule has 0 fully saturated rings. The predicted molar refractivity (Wildman–Crippen MR) is 276 cm³/mol. The van der Waals surface area contributed by atoms with Crippen molar-refractivity contribution in [2.24, 2.45) is 0 Å². The van der Waals surface area contributed by atoms with E-state index in [2.05, 4.69) is 243 Å². The third-order valence-electron chi connectivity index (χ3n) is 14.0. The molecule has 0 radical (unpaired) electrons. The maximum Gasteiger partial charge on any atom is 0.160 e. The van der Waals surface area contributed by atoms with E-state index in [9.17, 15) is 0 Å². The van der Waals surface area contributed by atoms with Crippen LogP contribution in [0.3, 0.4) is 0 Å². The summed E-state index contributed by atoms with van der Waals surface area (Å²) in [5, 5.41) is 7.29. The fourth-order valence-electron chi connectivity index (χ4n) is 10.8. The van der Waals surface area contributed by atoms with Crippen LogP contribution in [-0.4, -0.2) is 14.5 Å². The Morgan fingerprint density at radius 3 is 1.80 bits per heavy atom. The van der Waals surface area contributed by atoms with Gasteiger partial charge in [0.1, 0.15) is 0 Å². The lowest BCUT2D eigenvalue weighted by Crippen LogP contribution is -2.14. The zero-order valence-corrected chi connectivity index (χ0v) is 36.7. The third kappa shape index (κ3) is 5.97. The average Bonchev–Trinajstić information content (AvgIpc) is 3.84. The first-order valence-electron chi connectivity index (χ1n) is 22.8. The number of para-hydroxylation sites is 1. The number of hydrogen-bond donors (Lipinski definition) is 0. The molecule has 0 unspecified atom stereocenters. The first kappa shape index (κ1) is 38.1. The van der Waals surface area contributed by atoms with Crippen LogP contribution < -0.4 is 0 Å². The van der Waals surface area contributed by atoms with Crippen molar-refractivity contribution in [3.05, 3.63) is 236 Å². The number of benzene rings is 10. The highest BCUT2D eigenvalue weighted by Crippen LogP contribution is 2.52. The number of aromatic nitrogens is 3. The molecule has 1 aliphatic rings. The standard InChI is InChI=1S/C63H43N3/c1-63(2)55-29-15-13-27-52(55)61-53(28-17-30-56(61)63)58-39-57(41-20-7-4-8-21-41)64-62(65-58)45-34-44(54-37-43-22-9-10-23-47(43)48-24-11-12-25-49(48)54)35-46(36-45)66-59-31-16-14-26-50(59)51-33-32-42(38-60(51)66)40-18-5-3-6-19-40/h3-39H,1-2H3. The van der Waals surface area contributed by atoms with Crippen LogP contribution in [-0.2, 0) is 5.41 Å². The Morgan fingerprint density at radius 1 is 0.348 bits per heavy atom. The lowest BCUT2D eigenvalue weighted by atomic mass is 9.82. The first-order valence-corrected chi connectivity index (χ1v) is 22.8. The van der Waals surface area contributed by atoms with Crippen molar-refractivity contribution in [3.8, 4) is 73.0 Å². The quantitative estimate of drug-likeness (QED) is 0.156. The van der Waals surface area contributed by atoms with E-state index < -0.39 is 0 Å². The Kier molecular flexibility index (Phi) is 8.56. The maximum atomic E-state index is 5.63. The van der Waals surface area contributed by atoms with Crippen molar-refractivity contribution >= 4 is 43.4 Å². The van der Waals surface area contributed by atoms with E-state index in [1.807, 2.05) is 0 Å². The summed E-state index contributed by atoms with van der Waals surface area (Å²) in [6.07, 6.45) is 0. The largest absolute Gasteiger partial charge is 0.309 e. The van der Waals surface area contributed by atoms with E-state index in [4.69, 9.17) is 9.97 Å². The summed E-state index contributed by atoms with van der Waals surface area (Å²) in [4.78, 5) is 11.1. The molecule has 10 aromatic carbocycles. The SMILES string of the molecule is CC1(C)c2ccccc2-c2c(-c3cc(-c4ccccc4)nc(-c4cc(-c5cc6ccccc6c6ccccc56)cc(-n5c6ccccc6c6ccc(-c7ccccc7)cc65)c4)n3)cccc21. The predicted octanol–water partition coefficient (Wildman–Crippen LogP) is 16.5. The van der Waals surface area contributed by atoms with Gasteiger partial charge in [-0.25, -0.2) is 9.97 Å². The Balaban J connectivity index is 1.12. The fourth-order valence-corrected chi connectivity index (χ4v) is 10.8. The molecule has 0 saturated carbocycles. The lowest BCUT2D eigenvalue weighted by molar-refractivity contribution is 0.660. The molecule has 1 aliphatic carbocycles. The van der Waals surface area contributed by atoms with Crippen LogP contribution in [0.25, 0.3) is 116 Å². The van der Waals surface area contributed by atoms with Gasteiger partial charge in [-0.1, -0.05) is 196 Å². The molecule has 3 nitrogen and oxygen atoms in total. The molecule has 0 amide bonds. The van der Waals surface area contributed by atoms with Crippen molar-refractivity contribution in [3.63, 3.8) is 0 Å². The molecule has 0 saturated heterocycles. The highest BCUT2D eigenvalue weighted by Gasteiger charge is 2.37. The van der Waals surface area contributed by atoms with E-state index in [0.29, 0.717) is 5.82 Å². The van der Waals surface area contributed by atoms with Gasteiger partial charge in [0.05, 0.1) is 22.4 Å². The maximum absolute atomic E-state index is 5.63. The van der Waals surface area contributed by atoms with Crippen molar-refractivity contribution < 1.29 is 0 Å². The fraction of sp³-hybridized carbons (Fsp3) is 0.0476. The molecule has 3 heteroatoms. The van der Waals surface area contributed by atoms with Gasteiger partial charge in [-0.2, -0.15) is 0 Å². The molecule has 0 aliphatic heterocycles. The molecule has 66 heavy (non-hydrogen) atoms. The van der Waals surface area contributed by atoms with Crippen LogP contribution in [0.5, 0.6) is 0 Å². The summed E-state index contributed by atoms with van der Waals surface area (Å²) in [5.74, 6) is 0.674. The lowest BCUT2D eigenvalue weighted by Gasteiger charge is -2.21. The summed E-state index contributed by atoms with van der Waals surface area (Å²) in [7, 11) is 0. The molecule has 310 valence electrons. The summed E-state index contributed by atoms with van der Waals surface area (Å²) in [6, 6.07) is 81.5. The second-order valence-electron chi connectivity index (χ2n) is 18.1. The molecule has 0 spiro atoms. The van der Waals surface area contributed by atoms with Crippen LogP contribution in [0.4, 0.5) is 0 Å². The molecule has 13 rings (SSSR count). The van der Waals surface area contributed by atoms with E-state index in [-0.39, 0.29) is 5.41 Å². The highest BCUT2D eigenvalue weighted by molar-refractivity contribution is 6.14. The molecule has 0 bridgehead atoms. The smallest absolute Gasteiger partial charge is 0.160 e. The van der Waals surface area contributed by atoms with Gasteiger partial charge < -0.3 is 4.57 Å². The summed E-state index contributed by atoms with van der Waals surface area (Å²) >= 11 is 0. The second-order valence-corrected chi connectivity index (χ2v) is 18.1. The zero-order chi connectivity index (χ0) is 43.9. The van der Waals surface area contributed by atoms with E-state index >= 15 is 0 Å². The van der Waals surface area contributed by atoms with Gasteiger partial charge >= 0.3 is 0 Å². The van der Waals surface area contributed by atoms with E-state index in [1.54, 1.807) is 0 Å². The minimum absolute atomic E-state index is 0.144. The second kappa shape index (κ2) is 14.8. The molecular formula is C63H43N3. The molecule has 0 atom stereocenters. The van der Waals surface area contributed by atoms with Gasteiger partial charge in [0.25, 0.3) is 0 Å². The van der Waals surface area contributed by atoms with Gasteiger partial charge in [0.2, 0.25) is 0 Å². The first-order chi connectivity index (χ1) is 32.5. The van der Waals surface area contributed by atoms with Gasteiger partial charge in [0.15, 0.2) is 5.82 Å². The van der Waals surface area contributed by atoms with Crippen molar-refractivity contribution in [2.75, 3.05) is 0 Å². The molecule has 2 aromatic heterocycles. The summed E-state index contributed by atoms with van der Waals surface area (Å²) < 4.78 is 2.44. The van der Waals surface area contributed by atoms with Crippen LogP contribution in [0, 0.1) is 0 Å². The summed E-state index contributed by atoms with van der Waals surface area (Å²) in [5.41, 5.74) is 17.9. The number of rotatable bonds is 6.